The molecule has 2 aromatic rings. The lowest BCUT2D eigenvalue weighted by Gasteiger charge is -2.12. The van der Waals surface area contributed by atoms with Crippen LogP contribution in [0.15, 0.2) is 46.9 Å². The molecule has 0 heterocycles. The summed E-state index contributed by atoms with van der Waals surface area (Å²) in [7, 11) is 1.69. The first-order valence-corrected chi connectivity index (χ1v) is 7.24. The molecule has 0 radical (unpaired) electrons. The van der Waals surface area contributed by atoms with Crippen LogP contribution in [0.4, 0.5) is 10.1 Å². The van der Waals surface area contributed by atoms with E-state index in [0.717, 1.165) is 22.1 Å². The molecule has 0 amide bonds. The molecular formula is C16H17BrFNO. The Hall–Kier alpha value is -1.39. The van der Waals surface area contributed by atoms with Crippen LogP contribution in [0, 0.1) is 5.82 Å². The van der Waals surface area contributed by atoms with Gasteiger partial charge in [-0.3, -0.25) is 0 Å². The standard InChI is InChI=1S/C16H17BrFNO/c1-20-7-6-13-4-2-3-5-16(13)19-11-12-8-14(17)10-15(18)9-12/h2-5,8-10,19H,6-7,11H2,1H3. The van der Waals surface area contributed by atoms with Gasteiger partial charge in [0.1, 0.15) is 5.82 Å². The number of benzene rings is 2. The monoisotopic (exact) mass is 337 g/mol. The Bertz CT molecular complexity index is 554. The summed E-state index contributed by atoms with van der Waals surface area (Å²) in [5.41, 5.74) is 3.16. The van der Waals surface area contributed by atoms with Gasteiger partial charge < -0.3 is 10.1 Å². The lowest BCUT2D eigenvalue weighted by Crippen LogP contribution is -2.04. The summed E-state index contributed by atoms with van der Waals surface area (Å²) in [6.45, 7) is 1.27. The van der Waals surface area contributed by atoms with E-state index >= 15 is 0 Å². The highest BCUT2D eigenvalue weighted by Gasteiger charge is 2.03. The fourth-order valence-corrected chi connectivity index (χ4v) is 2.55. The topological polar surface area (TPSA) is 21.3 Å². The number of halogens is 2. The number of nitrogens with one attached hydrogen (secondary N) is 1. The second kappa shape index (κ2) is 7.41. The van der Waals surface area contributed by atoms with Crippen LogP contribution in [-0.2, 0) is 17.7 Å². The highest BCUT2D eigenvalue weighted by atomic mass is 79.9. The first kappa shape index (κ1) is 15.0. The van der Waals surface area contributed by atoms with Crippen LogP contribution in [0.1, 0.15) is 11.1 Å². The predicted octanol–water partition coefficient (Wildman–Crippen LogP) is 4.39. The number of hydrogen-bond acceptors (Lipinski definition) is 2. The molecule has 0 saturated heterocycles. The van der Waals surface area contributed by atoms with E-state index in [0.29, 0.717) is 13.2 Å². The molecule has 4 heteroatoms. The molecule has 0 aliphatic rings. The third kappa shape index (κ3) is 4.32. The quantitative estimate of drug-likeness (QED) is 0.844. The Labute approximate surface area is 127 Å². The van der Waals surface area contributed by atoms with Crippen LogP contribution in [0.5, 0.6) is 0 Å². The van der Waals surface area contributed by atoms with Crippen molar-refractivity contribution in [1.82, 2.24) is 0 Å². The number of anilines is 1. The smallest absolute Gasteiger partial charge is 0.124 e. The molecule has 2 aromatic carbocycles. The second-order valence-corrected chi connectivity index (χ2v) is 5.45. The summed E-state index contributed by atoms with van der Waals surface area (Å²) >= 11 is 3.30. The predicted molar refractivity (Wildman–Crippen MR) is 83.4 cm³/mol. The fraction of sp³-hybridized carbons (Fsp3) is 0.250. The van der Waals surface area contributed by atoms with Gasteiger partial charge in [0.05, 0.1) is 6.61 Å². The van der Waals surface area contributed by atoms with Crippen molar-refractivity contribution in [3.8, 4) is 0 Å². The van der Waals surface area contributed by atoms with Crippen LogP contribution < -0.4 is 5.32 Å². The molecule has 0 aromatic heterocycles. The van der Waals surface area contributed by atoms with Gasteiger partial charge in [-0.25, -0.2) is 4.39 Å². The SMILES string of the molecule is COCCc1ccccc1NCc1cc(F)cc(Br)c1. The number of hydrogen-bond donors (Lipinski definition) is 1. The van der Waals surface area contributed by atoms with Crippen LogP contribution >= 0.6 is 15.9 Å². The van der Waals surface area contributed by atoms with E-state index in [1.54, 1.807) is 7.11 Å². The van der Waals surface area contributed by atoms with Gasteiger partial charge in [-0.15, -0.1) is 0 Å². The first-order chi connectivity index (χ1) is 9.69. The molecule has 106 valence electrons. The molecule has 20 heavy (non-hydrogen) atoms. The Morgan fingerprint density at radius 1 is 1.20 bits per heavy atom. The first-order valence-electron chi connectivity index (χ1n) is 6.44. The maximum atomic E-state index is 13.3. The zero-order valence-electron chi connectivity index (χ0n) is 11.3. The summed E-state index contributed by atoms with van der Waals surface area (Å²) in [4.78, 5) is 0. The van der Waals surface area contributed by atoms with E-state index in [9.17, 15) is 4.39 Å². The van der Waals surface area contributed by atoms with Crippen LogP contribution in [0.25, 0.3) is 0 Å². The van der Waals surface area contributed by atoms with E-state index in [1.807, 2.05) is 24.3 Å². The minimum absolute atomic E-state index is 0.233. The highest BCUT2D eigenvalue weighted by Crippen LogP contribution is 2.19. The largest absolute Gasteiger partial charge is 0.384 e. The van der Waals surface area contributed by atoms with Crippen LogP contribution in [0.3, 0.4) is 0 Å². The minimum atomic E-state index is -0.233. The number of rotatable bonds is 6. The zero-order valence-corrected chi connectivity index (χ0v) is 12.9. The van der Waals surface area contributed by atoms with Gasteiger partial charge in [0.25, 0.3) is 0 Å². The molecule has 0 spiro atoms. The van der Waals surface area contributed by atoms with Gasteiger partial charge in [0.15, 0.2) is 0 Å². The van der Waals surface area contributed by atoms with E-state index in [4.69, 9.17) is 4.74 Å². The van der Waals surface area contributed by atoms with Gasteiger partial charge in [-0.2, -0.15) is 0 Å². The van der Waals surface area contributed by atoms with Crippen molar-refractivity contribution < 1.29 is 9.13 Å². The van der Waals surface area contributed by atoms with Crippen molar-refractivity contribution in [3.63, 3.8) is 0 Å². The van der Waals surface area contributed by atoms with Gasteiger partial charge in [0.2, 0.25) is 0 Å². The summed E-state index contributed by atoms with van der Waals surface area (Å²) in [6, 6.07) is 13.0. The molecule has 2 rings (SSSR count). The average molecular weight is 338 g/mol. The van der Waals surface area contributed by atoms with E-state index < -0.39 is 0 Å². The second-order valence-electron chi connectivity index (χ2n) is 4.53. The summed E-state index contributed by atoms with van der Waals surface area (Å²) in [5.74, 6) is -0.233. The Kier molecular flexibility index (Phi) is 5.56. The number of ether oxygens (including phenoxy) is 1. The van der Waals surface area contributed by atoms with Crippen molar-refractivity contribution in [2.75, 3.05) is 19.0 Å². The van der Waals surface area contributed by atoms with Crippen LogP contribution in [0.2, 0.25) is 0 Å². The molecule has 0 aliphatic carbocycles. The molecule has 0 atom stereocenters. The Morgan fingerprint density at radius 3 is 2.75 bits per heavy atom. The van der Waals surface area contributed by atoms with Gasteiger partial charge in [0, 0.05) is 23.8 Å². The van der Waals surface area contributed by atoms with Crippen molar-refractivity contribution in [2.45, 2.75) is 13.0 Å². The normalized spacial score (nSPS) is 10.6. The summed E-state index contributed by atoms with van der Waals surface area (Å²) in [6.07, 6.45) is 0.854. The van der Waals surface area contributed by atoms with Crippen molar-refractivity contribution in [3.05, 3.63) is 63.9 Å². The van der Waals surface area contributed by atoms with Crippen molar-refractivity contribution in [2.24, 2.45) is 0 Å². The molecule has 0 saturated carbocycles. The van der Waals surface area contributed by atoms with Crippen molar-refractivity contribution in [1.29, 1.82) is 0 Å². The van der Waals surface area contributed by atoms with E-state index in [2.05, 4.69) is 27.3 Å². The van der Waals surface area contributed by atoms with Gasteiger partial charge >= 0.3 is 0 Å². The number of methoxy groups -OCH3 is 1. The molecule has 0 aliphatic heterocycles. The van der Waals surface area contributed by atoms with Gasteiger partial charge in [-0.1, -0.05) is 34.1 Å². The molecule has 1 N–H and O–H groups in total. The van der Waals surface area contributed by atoms with E-state index in [-0.39, 0.29) is 5.82 Å². The lowest BCUT2D eigenvalue weighted by atomic mass is 10.1. The summed E-state index contributed by atoms with van der Waals surface area (Å²) < 4.78 is 19.2. The minimum Gasteiger partial charge on any atom is -0.384 e. The van der Waals surface area contributed by atoms with Crippen molar-refractivity contribution >= 4 is 21.6 Å². The lowest BCUT2D eigenvalue weighted by molar-refractivity contribution is 0.202. The number of para-hydroxylation sites is 1. The molecule has 2 nitrogen and oxygen atoms in total. The highest BCUT2D eigenvalue weighted by molar-refractivity contribution is 9.10. The molecule has 0 fully saturated rings. The van der Waals surface area contributed by atoms with Gasteiger partial charge in [-0.05, 0) is 41.8 Å². The maximum Gasteiger partial charge on any atom is 0.124 e. The third-order valence-electron chi connectivity index (χ3n) is 3.00. The maximum absolute atomic E-state index is 13.3. The fourth-order valence-electron chi connectivity index (χ4n) is 2.03. The summed E-state index contributed by atoms with van der Waals surface area (Å²) in [5, 5.41) is 3.35. The molecule has 0 unspecified atom stereocenters. The zero-order chi connectivity index (χ0) is 14.4. The molecule has 0 bridgehead atoms. The Morgan fingerprint density at radius 2 is 2.00 bits per heavy atom. The van der Waals surface area contributed by atoms with Crippen LogP contribution in [-0.4, -0.2) is 13.7 Å². The third-order valence-corrected chi connectivity index (χ3v) is 3.46. The van der Waals surface area contributed by atoms with E-state index in [1.165, 1.54) is 17.7 Å². The molecular weight excluding hydrogens is 321 g/mol. The average Bonchev–Trinajstić information content (AvgIpc) is 2.43. The Balaban J connectivity index is 2.06.